The summed E-state index contributed by atoms with van der Waals surface area (Å²) in [7, 11) is 0. The number of carbonyl (C=O) groups is 2. The first kappa shape index (κ1) is 14.7. The number of aromatic nitrogens is 1. The van der Waals surface area contributed by atoms with E-state index in [9.17, 15) is 9.59 Å². The Balaban J connectivity index is 1.52. The monoisotopic (exact) mass is 322 g/mol. The first-order valence-corrected chi connectivity index (χ1v) is 8.11. The molecule has 1 unspecified atom stereocenters. The van der Waals surface area contributed by atoms with Crippen molar-refractivity contribution in [3.8, 4) is 0 Å². The third kappa shape index (κ3) is 2.60. The zero-order valence-corrected chi connectivity index (χ0v) is 13.2. The van der Waals surface area contributed by atoms with E-state index in [4.69, 9.17) is 0 Å². The zero-order chi connectivity index (χ0) is 16.5. The molecule has 2 amide bonds. The third-order valence-electron chi connectivity index (χ3n) is 4.56. The van der Waals surface area contributed by atoms with Gasteiger partial charge in [0, 0.05) is 31.0 Å². The van der Waals surface area contributed by atoms with Gasteiger partial charge >= 0.3 is 0 Å². The summed E-state index contributed by atoms with van der Waals surface area (Å²) in [6.07, 6.45) is 5.33. The van der Waals surface area contributed by atoms with Gasteiger partial charge in [0.15, 0.2) is 0 Å². The fourth-order valence-electron chi connectivity index (χ4n) is 3.36. The van der Waals surface area contributed by atoms with E-state index in [1.807, 2.05) is 24.3 Å². The Hall–Kier alpha value is -2.89. The van der Waals surface area contributed by atoms with Crippen molar-refractivity contribution in [3.63, 3.8) is 0 Å². The number of amides is 2. The number of anilines is 2. The van der Waals surface area contributed by atoms with Crippen LogP contribution in [-0.2, 0) is 11.3 Å². The average molecular weight is 322 g/mol. The number of benzene rings is 1. The van der Waals surface area contributed by atoms with Gasteiger partial charge in [-0.05, 0) is 42.7 Å². The van der Waals surface area contributed by atoms with E-state index in [0.29, 0.717) is 17.8 Å². The molecule has 6 heteroatoms. The summed E-state index contributed by atoms with van der Waals surface area (Å²) >= 11 is 0. The van der Waals surface area contributed by atoms with Crippen LogP contribution in [0.4, 0.5) is 11.4 Å². The van der Waals surface area contributed by atoms with Crippen molar-refractivity contribution in [3.05, 3.63) is 53.9 Å². The van der Waals surface area contributed by atoms with Gasteiger partial charge in [0.25, 0.3) is 5.91 Å². The van der Waals surface area contributed by atoms with Crippen LogP contribution in [0.3, 0.4) is 0 Å². The lowest BCUT2D eigenvalue weighted by Crippen LogP contribution is -2.44. The molecular formula is C18H18N4O2. The van der Waals surface area contributed by atoms with E-state index in [-0.39, 0.29) is 17.9 Å². The molecular weight excluding hydrogens is 304 g/mol. The summed E-state index contributed by atoms with van der Waals surface area (Å²) in [4.78, 5) is 30.7. The number of nitrogens with one attached hydrogen (secondary N) is 2. The summed E-state index contributed by atoms with van der Waals surface area (Å²) in [6.45, 7) is 1.31. The van der Waals surface area contributed by atoms with E-state index in [1.165, 1.54) is 0 Å². The van der Waals surface area contributed by atoms with E-state index in [2.05, 4.69) is 20.5 Å². The molecule has 0 bridgehead atoms. The molecule has 1 saturated heterocycles. The molecule has 6 nitrogen and oxygen atoms in total. The summed E-state index contributed by atoms with van der Waals surface area (Å²) in [5, 5.41) is 5.80. The Morgan fingerprint density at radius 2 is 2.29 bits per heavy atom. The average Bonchev–Trinajstić information content (AvgIpc) is 3.11. The maximum atomic E-state index is 12.4. The normalized spacial score (nSPS) is 18.6. The molecule has 1 atom stereocenters. The van der Waals surface area contributed by atoms with Crippen LogP contribution in [0, 0.1) is 0 Å². The Bertz CT molecular complexity index is 791. The molecule has 2 aromatic rings. The van der Waals surface area contributed by atoms with Crippen LogP contribution >= 0.6 is 0 Å². The highest BCUT2D eigenvalue weighted by Crippen LogP contribution is 2.37. The Morgan fingerprint density at radius 1 is 1.38 bits per heavy atom. The van der Waals surface area contributed by atoms with Gasteiger partial charge in [0.1, 0.15) is 6.04 Å². The number of nitrogens with zero attached hydrogens (tertiary/aromatic N) is 2. The molecule has 2 N–H and O–H groups in total. The van der Waals surface area contributed by atoms with E-state index in [1.54, 1.807) is 18.5 Å². The van der Waals surface area contributed by atoms with Crippen LogP contribution in [0.5, 0.6) is 0 Å². The van der Waals surface area contributed by atoms with Crippen LogP contribution in [0.1, 0.15) is 28.8 Å². The molecule has 2 aliphatic heterocycles. The maximum Gasteiger partial charge on any atom is 0.251 e. The van der Waals surface area contributed by atoms with E-state index in [0.717, 1.165) is 30.6 Å². The minimum Gasteiger partial charge on any atom is -0.358 e. The van der Waals surface area contributed by atoms with Gasteiger partial charge in [-0.15, -0.1) is 0 Å². The first-order valence-electron chi connectivity index (χ1n) is 8.11. The first-order chi connectivity index (χ1) is 11.7. The molecule has 0 spiro atoms. The number of pyridine rings is 1. The number of hydrogen-bond donors (Lipinski definition) is 2. The Labute approximate surface area is 139 Å². The standard InChI is InChI=1S/C18H18N4O2/c23-17(20-11-12-3-1-7-19-10-12)13-5-6-15-14(9-13)21-18(24)16-4-2-8-22(15)16/h1,3,5-7,9-10,16H,2,4,8,11H2,(H,20,23)(H,21,24). The Kier molecular flexibility index (Phi) is 3.65. The Morgan fingerprint density at radius 3 is 3.12 bits per heavy atom. The lowest BCUT2D eigenvalue weighted by Gasteiger charge is -2.33. The highest BCUT2D eigenvalue weighted by Gasteiger charge is 2.36. The summed E-state index contributed by atoms with van der Waals surface area (Å²) < 4.78 is 0. The lowest BCUT2D eigenvalue weighted by molar-refractivity contribution is -0.117. The van der Waals surface area contributed by atoms with Crippen molar-refractivity contribution >= 4 is 23.2 Å². The molecule has 2 aliphatic rings. The summed E-state index contributed by atoms with van der Waals surface area (Å²) in [5.41, 5.74) is 3.20. The second-order valence-electron chi connectivity index (χ2n) is 6.12. The SMILES string of the molecule is O=C(NCc1cccnc1)c1ccc2c(c1)NC(=O)C1CCCN21. The topological polar surface area (TPSA) is 74.3 Å². The van der Waals surface area contributed by atoms with E-state index >= 15 is 0 Å². The number of fused-ring (bicyclic) bond motifs is 3. The molecule has 1 aromatic carbocycles. The molecule has 122 valence electrons. The minimum absolute atomic E-state index is 0.0212. The van der Waals surface area contributed by atoms with Crippen LogP contribution in [0.25, 0.3) is 0 Å². The molecule has 0 radical (unpaired) electrons. The second kappa shape index (κ2) is 5.96. The molecule has 24 heavy (non-hydrogen) atoms. The van der Waals surface area contributed by atoms with Gasteiger partial charge in [-0.2, -0.15) is 0 Å². The maximum absolute atomic E-state index is 12.4. The molecule has 1 fully saturated rings. The van der Waals surface area contributed by atoms with Crippen LogP contribution in [0.2, 0.25) is 0 Å². The molecule has 3 heterocycles. The van der Waals surface area contributed by atoms with E-state index < -0.39 is 0 Å². The lowest BCUT2D eigenvalue weighted by atomic mass is 10.1. The van der Waals surface area contributed by atoms with Gasteiger partial charge < -0.3 is 15.5 Å². The van der Waals surface area contributed by atoms with Gasteiger partial charge in [-0.3, -0.25) is 14.6 Å². The summed E-state index contributed by atoms with van der Waals surface area (Å²) in [5.74, 6) is -0.146. The van der Waals surface area contributed by atoms with Gasteiger partial charge in [0.05, 0.1) is 11.4 Å². The zero-order valence-electron chi connectivity index (χ0n) is 13.2. The highest BCUT2D eigenvalue weighted by molar-refractivity contribution is 6.06. The van der Waals surface area contributed by atoms with Crippen molar-refractivity contribution < 1.29 is 9.59 Å². The molecule has 1 aromatic heterocycles. The van der Waals surface area contributed by atoms with Crippen molar-refractivity contribution in [2.45, 2.75) is 25.4 Å². The van der Waals surface area contributed by atoms with Crippen molar-refractivity contribution in [1.82, 2.24) is 10.3 Å². The fourth-order valence-corrected chi connectivity index (χ4v) is 3.36. The van der Waals surface area contributed by atoms with Gasteiger partial charge in [-0.1, -0.05) is 6.07 Å². The number of rotatable bonds is 3. The minimum atomic E-state index is -0.167. The van der Waals surface area contributed by atoms with Crippen molar-refractivity contribution in [2.75, 3.05) is 16.8 Å². The molecule has 0 aliphatic carbocycles. The van der Waals surface area contributed by atoms with Crippen LogP contribution < -0.4 is 15.5 Å². The number of hydrogen-bond acceptors (Lipinski definition) is 4. The predicted octanol–water partition coefficient (Wildman–Crippen LogP) is 1.93. The largest absolute Gasteiger partial charge is 0.358 e. The van der Waals surface area contributed by atoms with Crippen LogP contribution in [-0.4, -0.2) is 29.4 Å². The fraction of sp³-hybridized carbons (Fsp3) is 0.278. The molecule has 4 rings (SSSR count). The van der Waals surface area contributed by atoms with Crippen LogP contribution in [0.15, 0.2) is 42.7 Å². The van der Waals surface area contributed by atoms with Gasteiger partial charge in [0.2, 0.25) is 5.91 Å². The third-order valence-corrected chi connectivity index (χ3v) is 4.56. The highest BCUT2D eigenvalue weighted by atomic mass is 16.2. The van der Waals surface area contributed by atoms with Gasteiger partial charge in [-0.25, -0.2) is 0 Å². The summed E-state index contributed by atoms with van der Waals surface area (Å²) in [6, 6.07) is 9.16. The van der Waals surface area contributed by atoms with Crippen molar-refractivity contribution in [1.29, 1.82) is 0 Å². The predicted molar refractivity (Wildman–Crippen MR) is 90.8 cm³/mol. The molecule has 0 saturated carbocycles. The quantitative estimate of drug-likeness (QED) is 0.905. The number of carbonyl (C=O) groups excluding carboxylic acids is 2. The second-order valence-corrected chi connectivity index (χ2v) is 6.12. The van der Waals surface area contributed by atoms with Crippen molar-refractivity contribution in [2.24, 2.45) is 0 Å². The smallest absolute Gasteiger partial charge is 0.251 e.